The Bertz CT molecular complexity index is 1770. The van der Waals surface area contributed by atoms with Crippen LogP contribution >= 0.6 is 0 Å². The van der Waals surface area contributed by atoms with E-state index in [0.717, 1.165) is 33.1 Å². The normalized spacial score (nSPS) is 11.2. The molecule has 0 atom stereocenters. The summed E-state index contributed by atoms with van der Waals surface area (Å²) in [5, 5.41) is 9.34. The molecule has 0 spiro atoms. The molecule has 0 unspecified atom stereocenters. The van der Waals surface area contributed by atoms with E-state index in [-0.39, 0.29) is 35.9 Å². The van der Waals surface area contributed by atoms with Gasteiger partial charge < -0.3 is 15.2 Å². The lowest BCUT2D eigenvalue weighted by Gasteiger charge is -2.11. The lowest BCUT2D eigenvalue weighted by atomic mass is 10.2. The molecule has 5 rings (SSSR count). The van der Waals surface area contributed by atoms with Crippen LogP contribution in [0.1, 0.15) is 21.6 Å². The van der Waals surface area contributed by atoms with Gasteiger partial charge in [0, 0.05) is 36.8 Å². The van der Waals surface area contributed by atoms with Crippen molar-refractivity contribution < 1.29 is 22.8 Å². The van der Waals surface area contributed by atoms with Crippen molar-refractivity contribution in [2.75, 3.05) is 5.32 Å². The van der Waals surface area contributed by atoms with E-state index in [1.807, 2.05) is 30.3 Å². The van der Waals surface area contributed by atoms with Crippen molar-refractivity contribution in [3.63, 3.8) is 0 Å². The van der Waals surface area contributed by atoms with E-state index in [1.54, 1.807) is 12.1 Å². The smallest absolute Gasteiger partial charge is 0.350 e. The minimum absolute atomic E-state index is 0.0190. The maximum atomic E-state index is 13.8. The molecule has 0 fully saturated rings. The first-order chi connectivity index (χ1) is 20.2. The highest BCUT2D eigenvalue weighted by molar-refractivity contribution is 6.03. The highest BCUT2D eigenvalue weighted by Crippen LogP contribution is 2.34. The molecule has 0 bridgehead atoms. The minimum atomic E-state index is -4.69. The van der Waals surface area contributed by atoms with Gasteiger partial charge in [-0.2, -0.15) is 18.3 Å². The summed E-state index contributed by atoms with van der Waals surface area (Å²) >= 11 is 0. The number of hydrogen-bond acceptors (Lipinski definition) is 6. The van der Waals surface area contributed by atoms with E-state index < -0.39 is 29.2 Å². The number of aromatic nitrogens is 5. The molecule has 5 aromatic rings. The van der Waals surface area contributed by atoms with Gasteiger partial charge in [-0.25, -0.2) is 9.67 Å². The Morgan fingerprint density at radius 3 is 2.43 bits per heavy atom. The Morgan fingerprint density at radius 1 is 0.929 bits per heavy atom. The first-order valence-corrected chi connectivity index (χ1v) is 12.5. The molecule has 2 amide bonds. The third-order valence-corrected chi connectivity index (χ3v) is 6.08. The molecule has 0 radical (unpaired) electrons. The van der Waals surface area contributed by atoms with Crippen LogP contribution < -0.4 is 16.2 Å². The molecule has 10 nitrogen and oxygen atoms in total. The van der Waals surface area contributed by atoms with Crippen molar-refractivity contribution in [3.8, 4) is 16.9 Å². The van der Waals surface area contributed by atoms with Gasteiger partial charge in [0.05, 0.1) is 23.1 Å². The standard InChI is InChI=1S/C29H22F3N7O3/c30-29(31,32)24-13-23(20-7-4-12-33-15-20)37-39(24)22-9-10-25(34-16-22)36-28(42)21-8-11-27(41)38(17-21)18-26(40)35-14-19-5-2-1-3-6-19/h1-13,15-17H,14,18H2,(H,35,40)(H,34,36,42). The van der Waals surface area contributed by atoms with Crippen molar-refractivity contribution in [3.05, 3.63) is 125 Å². The van der Waals surface area contributed by atoms with Gasteiger partial charge in [0.1, 0.15) is 18.1 Å². The maximum Gasteiger partial charge on any atom is 0.433 e. The molecule has 0 saturated heterocycles. The number of rotatable bonds is 8. The summed E-state index contributed by atoms with van der Waals surface area (Å²) in [6.45, 7) is -0.0176. The average molecular weight is 574 g/mol. The highest BCUT2D eigenvalue weighted by Gasteiger charge is 2.36. The molecule has 42 heavy (non-hydrogen) atoms. The predicted octanol–water partition coefficient (Wildman–Crippen LogP) is 4.08. The van der Waals surface area contributed by atoms with Crippen molar-refractivity contribution in [2.45, 2.75) is 19.3 Å². The Balaban J connectivity index is 1.28. The van der Waals surface area contributed by atoms with Crippen LogP contribution in [-0.2, 0) is 24.1 Å². The highest BCUT2D eigenvalue weighted by atomic mass is 19.4. The van der Waals surface area contributed by atoms with Crippen molar-refractivity contribution in [2.24, 2.45) is 0 Å². The lowest BCUT2D eigenvalue weighted by Crippen LogP contribution is -2.32. The second-order valence-corrected chi connectivity index (χ2v) is 9.07. The van der Waals surface area contributed by atoms with E-state index in [1.165, 1.54) is 36.8 Å². The SMILES string of the molecule is O=C(Cn1cc(C(=O)Nc2ccc(-n3nc(-c4cccnc4)cc3C(F)(F)F)cn2)ccc1=O)NCc1ccccc1. The molecule has 1 aromatic carbocycles. The van der Waals surface area contributed by atoms with E-state index in [2.05, 4.69) is 25.7 Å². The predicted molar refractivity (Wildman–Crippen MR) is 147 cm³/mol. The summed E-state index contributed by atoms with van der Waals surface area (Å²) in [5.74, 6) is -1.00. The number of anilines is 1. The molecule has 0 aliphatic carbocycles. The Kier molecular flexibility index (Phi) is 7.91. The van der Waals surface area contributed by atoms with Gasteiger partial charge in [0.2, 0.25) is 5.91 Å². The van der Waals surface area contributed by atoms with Crippen LogP contribution in [0.5, 0.6) is 0 Å². The number of carbonyl (C=O) groups excluding carboxylic acids is 2. The summed E-state index contributed by atoms with van der Waals surface area (Å²) in [5.41, 5.74) is -0.00936. The summed E-state index contributed by atoms with van der Waals surface area (Å²) < 4.78 is 43.1. The van der Waals surface area contributed by atoms with Crippen LogP contribution in [0.3, 0.4) is 0 Å². The molecule has 2 N–H and O–H groups in total. The number of benzene rings is 1. The van der Waals surface area contributed by atoms with Gasteiger partial charge in [0.15, 0.2) is 0 Å². The lowest BCUT2D eigenvalue weighted by molar-refractivity contribution is -0.142. The number of nitrogens with zero attached hydrogens (tertiary/aromatic N) is 5. The average Bonchev–Trinajstić information content (AvgIpc) is 3.45. The van der Waals surface area contributed by atoms with Crippen LogP contribution in [0.15, 0.2) is 102 Å². The monoisotopic (exact) mass is 573 g/mol. The Labute approximate surface area is 236 Å². The van der Waals surface area contributed by atoms with Gasteiger partial charge in [0.25, 0.3) is 11.5 Å². The van der Waals surface area contributed by atoms with Gasteiger partial charge in [-0.05, 0) is 42.0 Å². The fraction of sp³-hybridized carbons (Fsp3) is 0.103. The van der Waals surface area contributed by atoms with Gasteiger partial charge >= 0.3 is 6.18 Å². The number of alkyl halides is 3. The summed E-state index contributed by atoms with van der Waals surface area (Å²) in [6, 6.07) is 18.4. The van der Waals surface area contributed by atoms with Gasteiger partial charge in [-0.1, -0.05) is 30.3 Å². The van der Waals surface area contributed by atoms with Gasteiger partial charge in [-0.3, -0.25) is 19.4 Å². The summed E-state index contributed by atoms with van der Waals surface area (Å²) in [4.78, 5) is 45.5. The third-order valence-electron chi connectivity index (χ3n) is 6.08. The van der Waals surface area contributed by atoms with Crippen LogP contribution in [0, 0.1) is 0 Å². The fourth-order valence-electron chi connectivity index (χ4n) is 4.01. The zero-order valence-corrected chi connectivity index (χ0v) is 21.7. The van der Waals surface area contributed by atoms with E-state index in [0.29, 0.717) is 5.56 Å². The van der Waals surface area contributed by atoms with Crippen molar-refractivity contribution >= 4 is 17.6 Å². The fourth-order valence-corrected chi connectivity index (χ4v) is 4.01. The zero-order valence-electron chi connectivity index (χ0n) is 21.7. The first kappa shape index (κ1) is 28.0. The molecular formula is C29H22F3N7O3. The number of hydrogen-bond donors (Lipinski definition) is 2. The second-order valence-electron chi connectivity index (χ2n) is 9.07. The molecule has 13 heteroatoms. The molecule has 212 valence electrons. The first-order valence-electron chi connectivity index (χ1n) is 12.5. The Hall–Kier alpha value is -5.59. The second kappa shape index (κ2) is 11.9. The number of carbonyl (C=O) groups is 2. The summed E-state index contributed by atoms with van der Waals surface area (Å²) in [6.07, 6.45) is 0.600. The summed E-state index contributed by atoms with van der Waals surface area (Å²) in [7, 11) is 0. The minimum Gasteiger partial charge on any atom is -0.350 e. The number of pyridine rings is 3. The number of halogens is 3. The van der Waals surface area contributed by atoms with E-state index >= 15 is 0 Å². The molecule has 0 saturated carbocycles. The van der Waals surface area contributed by atoms with E-state index in [4.69, 9.17) is 0 Å². The zero-order chi connectivity index (χ0) is 29.7. The van der Waals surface area contributed by atoms with E-state index in [9.17, 15) is 27.6 Å². The maximum absolute atomic E-state index is 13.8. The number of nitrogens with one attached hydrogen (secondary N) is 2. The van der Waals surface area contributed by atoms with Crippen LogP contribution in [0.4, 0.5) is 19.0 Å². The molecule has 4 heterocycles. The van der Waals surface area contributed by atoms with Gasteiger partial charge in [-0.15, -0.1) is 0 Å². The van der Waals surface area contributed by atoms with Crippen LogP contribution in [-0.4, -0.2) is 36.1 Å². The number of amides is 2. The largest absolute Gasteiger partial charge is 0.433 e. The molecule has 0 aliphatic heterocycles. The third kappa shape index (κ3) is 6.58. The van der Waals surface area contributed by atoms with Crippen LogP contribution in [0.25, 0.3) is 16.9 Å². The molecule has 0 aliphatic rings. The Morgan fingerprint density at radius 2 is 1.74 bits per heavy atom. The quantitative estimate of drug-likeness (QED) is 0.288. The topological polar surface area (TPSA) is 124 Å². The van der Waals surface area contributed by atoms with Crippen molar-refractivity contribution in [1.82, 2.24) is 29.6 Å². The molecular weight excluding hydrogens is 551 g/mol. The van der Waals surface area contributed by atoms with Crippen molar-refractivity contribution in [1.29, 1.82) is 0 Å². The molecule has 4 aromatic heterocycles. The van der Waals surface area contributed by atoms with Crippen LogP contribution in [0.2, 0.25) is 0 Å².